The number of benzene rings is 2. The van der Waals surface area contributed by atoms with E-state index < -0.39 is 0 Å². The molecule has 3 nitrogen and oxygen atoms in total. The van der Waals surface area contributed by atoms with Gasteiger partial charge in [-0.1, -0.05) is 34.1 Å². The zero-order valence-electron chi connectivity index (χ0n) is 10.8. The van der Waals surface area contributed by atoms with Crippen LogP contribution in [0.1, 0.15) is 11.1 Å². The number of nitrogens with zero attached hydrogens (tertiary/aromatic N) is 1. The number of phenolic OH excluding ortho intramolecular Hbond substituents is 1. The number of fused-ring (bicyclic) bond motifs is 1. The molecule has 0 aliphatic carbocycles. The van der Waals surface area contributed by atoms with Crippen molar-refractivity contribution in [3.8, 4) is 5.75 Å². The average Bonchev–Trinajstić information content (AvgIpc) is 2.84. The lowest BCUT2D eigenvalue weighted by molar-refractivity contribution is -0.117. The van der Waals surface area contributed by atoms with Gasteiger partial charge in [0.2, 0.25) is 5.91 Å². The zero-order valence-corrected chi connectivity index (χ0v) is 12.4. The SMILES string of the molecule is O=C(Cc1ccccc1O)N1CCc2cc(Br)ccc21. The highest BCUT2D eigenvalue weighted by molar-refractivity contribution is 9.10. The van der Waals surface area contributed by atoms with E-state index in [9.17, 15) is 9.90 Å². The summed E-state index contributed by atoms with van der Waals surface area (Å²) in [6, 6.07) is 13.0. The molecule has 102 valence electrons. The third-order valence-electron chi connectivity index (χ3n) is 3.57. The normalized spacial score (nSPS) is 13.3. The second-order valence-electron chi connectivity index (χ2n) is 4.87. The van der Waals surface area contributed by atoms with Crippen molar-refractivity contribution in [3.05, 3.63) is 58.1 Å². The molecule has 2 aromatic rings. The lowest BCUT2D eigenvalue weighted by Gasteiger charge is -2.17. The Kier molecular flexibility index (Phi) is 3.49. The van der Waals surface area contributed by atoms with Gasteiger partial charge in [0.05, 0.1) is 6.42 Å². The fraction of sp³-hybridized carbons (Fsp3) is 0.188. The molecule has 2 aromatic carbocycles. The second kappa shape index (κ2) is 5.29. The maximum atomic E-state index is 12.4. The minimum atomic E-state index is 0.0209. The van der Waals surface area contributed by atoms with Gasteiger partial charge in [0.1, 0.15) is 5.75 Å². The molecule has 0 saturated heterocycles. The van der Waals surface area contributed by atoms with Crippen LogP contribution in [0.5, 0.6) is 5.75 Å². The van der Waals surface area contributed by atoms with Crippen LogP contribution in [0.3, 0.4) is 0 Å². The predicted octanol–water partition coefficient (Wildman–Crippen LogP) is 3.29. The van der Waals surface area contributed by atoms with Gasteiger partial charge in [0.25, 0.3) is 0 Å². The molecule has 0 fully saturated rings. The topological polar surface area (TPSA) is 40.5 Å². The van der Waals surface area contributed by atoms with Gasteiger partial charge in [0, 0.05) is 22.3 Å². The van der Waals surface area contributed by atoms with Gasteiger partial charge in [-0.2, -0.15) is 0 Å². The summed E-state index contributed by atoms with van der Waals surface area (Å²) in [5, 5.41) is 9.76. The van der Waals surface area contributed by atoms with Crippen molar-refractivity contribution in [3.63, 3.8) is 0 Å². The highest BCUT2D eigenvalue weighted by Crippen LogP contribution is 2.31. The van der Waals surface area contributed by atoms with Crippen molar-refractivity contribution in [2.24, 2.45) is 0 Å². The monoisotopic (exact) mass is 331 g/mol. The molecule has 0 saturated carbocycles. The highest BCUT2D eigenvalue weighted by Gasteiger charge is 2.25. The van der Waals surface area contributed by atoms with Crippen LogP contribution in [-0.4, -0.2) is 17.6 Å². The molecule has 1 N–H and O–H groups in total. The summed E-state index contributed by atoms with van der Waals surface area (Å²) in [6.07, 6.45) is 1.10. The standard InChI is InChI=1S/C16H14BrNO2/c17-13-5-6-14-11(9-13)7-8-18(14)16(20)10-12-3-1-2-4-15(12)19/h1-6,9,19H,7-8,10H2. The number of phenols is 1. The molecule has 1 heterocycles. The van der Waals surface area contributed by atoms with Crippen molar-refractivity contribution in [2.45, 2.75) is 12.8 Å². The summed E-state index contributed by atoms with van der Waals surface area (Å²) in [5.41, 5.74) is 2.83. The number of halogens is 1. The van der Waals surface area contributed by atoms with Crippen LogP contribution in [0.2, 0.25) is 0 Å². The average molecular weight is 332 g/mol. The largest absolute Gasteiger partial charge is 0.508 e. The van der Waals surface area contributed by atoms with Gasteiger partial charge in [-0.05, 0) is 36.2 Å². The maximum Gasteiger partial charge on any atom is 0.231 e. The molecule has 3 rings (SSSR count). The van der Waals surface area contributed by atoms with Gasteiger partial charge >= 0.3 is 0 Å². The molecular formula is C16H14BrNO2. The van der Waals surface area contributed by atoms with E-state index >= 15 is 0 Å². The smallest absolute Gasteiger partial charge is 0.231 e. The minimum Gasteiger partial charge on any atom is -0.508 e. The Morgan fingerprint density at radius 3 is 2.85 bits per heavy atom. The van der Waals surface area contributed by atoms with E-state index in [0.717, 1.165) is 16.6 Å². The lowest BCUT2D eigenvalue weighted by Crippen LogP contribution is -2.30. The summed E-state index contributed by atoms with van der Waals surface area (Å²) < 4.78 is 1.03. The second-order valence-corrected chi connectivity index (χ2v) is 5.79. The van der Waals surface area contributed by atoms with Gasteiger partial charge in [-0.25, -0.2) is 0 Å². The Labute approximate surface area is 126 Å². The number of aromatic hydroxyl groups is 1. The van der Waals surface area contributed by atoms with Crippen molar-refractivity contribution < 1.29 is 9.90 Å². The molecular weight excluding hydrogens is 318 g/mol. The number of rotatable bonds is 2. The number of para-hydroxylation sites is 1. The van der Waals surface area contributed by atoms with E-state index in [-0.39, 0.29) is 18.1 Å². The molecule has 4 heteroatoms. The Morgan fingerprint density at radius 1 is 1.25 bits per heavy atom. The van der Waals surface area contributed by atoms with Gasteiger partial charge in [0.15, 0.2) is 0 Å². The van der Waals surface area contributed by atoms with E-state index in [1.165, 1.54) is 5.56 Å². The zero-order chi connectivity index (χ0) is 14.1. The number of hydrogen-bond donors (Lipinski definition) is 1. The first-order valence-corrected chi connectivity index (χ1v) is 7.30. The van der Waals surface area contributed by atoms with Crippen molar-refractivity contribution in [2.75, 3.05) is 11.4 Å². The number of anilines is 1. The minimum absolute atomic E-state index is 0.0209. The van der Waals surface area contributed by atoms with Crippen LogP contribution < -0.4 is 4.90 Å². The number of amides is 1. The van der Waals surface area contributed by atoms with Crippen molar-refractivity contribution in [1.29, 1.82) is 0 Å². The summed E-state index contributed by atoms with van der Waals surface area (Å²) in [7, 11) is 0. The first-order valence-electron chi connectivity index (χ1n) is 6.51. The number of carbonyl (C=O) groups is 1. The van der Waals surface area contributed by atoms with Crippen LogP contribution in [0.15, 0.2) is 46.9 Å². The van der Waals surface area contributed by atoms with Crippen LogP contribution in [-0.2, 0) is 17.6 Å². The predicted molar refractivity (Wildman–Crippen MR) is 82.0 cm³/mol. The van der Waals surface area contributed by atoms with Crippen LogP contribution in [0.4, 0.5) is 5.69 Å². The summed E-state index contributed by atoms with van der Waals surface area (Å²) in [5.74, 6) is 0.198. The van der Waals surface area contributed by atoms with E-state index in [0.29, 0.717) is 12.1 Å². The van der Waals surface area contributed by atoms with Crippen LogP contribution >= 0.6 is 15.9 Å². The molecule has 0 atom stereocenters. The first kappa shape index (κ1) is 13.2. The quantitative estimate of drug-likeness (QED) is 0.917. The molecule has 0 unspecified atom stereocenters. The Balaban J connectivity index is 1.82. The maximum absolute atomic E-state index is 12.4. The first-order chi connectivity index (χ1) is 9.65. The van der Waals surface area contributed by atoms with E-state index in [2.05, 4.69) is 22.0 Å². The Bertz CT molecular complexity index is 669. The Morgan fingerprint density at radius 2 is 2.05 bits per heavy atom. The lowest BCUT2D eigenvalue weighted by atomic mass is 10.1. The molecule has 0 spiro atoms. The van der Waals surface area contributed by atoms with Crippen molar-refractivity contribution in [1.82, 2.24) is 0 Å². The molecule has 0 aromatic heterocycles. The van der Waals surface area contributed by atoms with Crippen molar-refractivity contribution >= 4 is 27.5 Å². The van der Waals surface area contributed by atoms with Gasteiger partial charge < -0.3 is 10.0 Å². The number of hydrogen-bond acceptors (Lipinski definition) is 2. The van der Waals surface area contributed by atoms with E-state index in [1.807, 2.05) is 18.2 Å². The van der Waals surface area contributed by atoms with E-state index in [4.69, 9.17) is 0 Å². The van der Waals surface area contributed by atoms with Crippen LogP contribution in [0.25, 0.3) is 0 Å². The van der Waals surface area contributed by atoms with Gasteiger partial charge in [-0.15, -0.1) is 0 Å². The van der Waals surface area contributed by atoms with Gasteiger partial charge in [-0.3, -0.25) is 4.79 Å². The third-order valence-corrected chi connectivity index (χ3v) is 4.06. The fourth-order valence-electron chi connectivity index (χ4n) is 2.55. The van der Waals surface area contributed by atoms with E-state index in [1.54, 1.807) is 23.1 Å². The Hall–Kier alpha value is -1.81. The highest BCUT2D eigenvalue weighted by atomic mass is 79.9. The molecule has 0 radical (unpaired) electrons. The summed E-state index contributed by atoms with van der Waals surface area (Å²) in [4.78, 5) is 14.2. The molecule has 0 bridgehead atoms. The molecule has 1 aliphatic heterocycles. The molecule has 1 amide bonds. The third kappa shape index (κ3) is 2.43. The fourth-order valence-corrected chi connectivity index (χ4v) is 2.96. The molecule has 1 aliphatic rings. The summed E-state index contributed by atoms with van der Waals surface area (Å²) in [6.45, 7) is 0.707. The summed E-state index contributed by atoms with van der Waals surface area (Å²) >= 11 is 3.45. The number of carbonyl (C=O) groups excluding carboxylic acids is 1. The molecule has 20 heavy (non-hydrogen) atoms. The van der Waals surface area contributed by atoms with Crippen LogP contribution in [0, 0.1) is 0 Å².